The van der Waals surface area contributed by atoms with Crippen molar-refractivity contribution in [2.75, 3.05) is 38.1 Å². The first-order valence-corrected chi connectivity index (χ1v) is 9.83. The Morgan fingerprint density at radius 1 is 1.08 bits per heavy atom. The first-order valence-electron chi connectivity index (χ1n) is 9.03. The van der Waals surface area contributed by atoms with E-state index < -0.39 is 0 Å². The van der Waals surface area contributed by atoms with Crippen molar-refractivity contribution >= 4 is 33.5 Å². The monoisotopic (exact) mass is 411 g/mol. The summed E-state index contributed by atoms with van der Waals surface area (Å²) >= 11 is 3.48. The highest BCUT2D eigenvalue weighted by Gasteiger charge is 2.22. The number of ketones is 1. The maximum Gasteiger partial charge on any atom is 0.189 e. The molecule has 0 bridgehead atoms. The Hall–Kier alpha value is -1.98. The number of hydrogen-bond acceptors (Lipinski definition) is 4. The molecule has 0 atom stereocenters. The summed E-state index contributed by atoms with van der Waals surface area (Å²) in [6.45, 7) is 4.22. The number of aryl methyl sites for hydroxylation is 1. The van der Waals surface area contributed by atoms with Crippen molar-refractivity contribution in [2.24, 2.45) is 0 Å². The van der Waals surface area contributed by atoms with Crippen LogP contribution in [0.2, 0.25) is 0 Å². The second-order valence-electron chi connectivity index (χ2n) is 7.03. The number of carbonyl (C=O) groups excluding carboxylic acids is 1. The Kier molecular flexibility index (Phi) is 4.92. The van der Waals surface area contributed by atoms with Crippen LogP contribution in [0.5, 0.6) is 0 Å². The molecule has 2 heterocycles. The van der Waals surface area contributed by atoms with Gasteiger partial charge in [0.05, 0.1) is 17.6 Å². The molecular weight excluding hydrogens is 390 g/mol. The molecule has 134 valence electrons. The molecule has 5 heteroatoms. The van der Waals surface area contributed by atoms with Gasteiger partial charge in [0.2, 0.25) is 0 Å². The number of anilines is 1. The van der Waals surface area contributed by atoms with Gasteiger partial charge in [0.1, 0.15) is 0 Å². The molecule has 0 unspecified atom stereocenters. The van der Waals surface area contributed by atoms with Gasteiger partial charge in [-0.25, -0.2) is 0 Å². The standard InChI is InChI=1S/C21H22BrN3O/c1-24-8-10-25(11-9-24)19-6-5-18(23-14-19)13-16-3-2-15-12-17(22)4-7-20(15)21(16)26/h4-7,12-14H,2-3,8-11H2,1H3/b16-13+. The number of fused-ring (bicyclic) bond motifs is 1. The number of allylic oxidation sites excluding steroid dienone is 1. The number of likely N-dealkylation sites (N-methyl/N-ethyl adjacent to an activating group) is 1. The lowest BCUT2D eigenvalue weighted by atomic mass is 9.86. The van der Waals surface area contributed by atoms with Crippen molar-refractivity contribution in [3.05, 3.63) is 63.4 Å². The summed E-state index contributed by atoms with van der Waals surface area (Å²) < 4.78 is 1.03. The first kappa shape index (κ1) is 17.4. The van der Waals surface area contributed by atoms with Crippen molar-refractivity contribution < 1.29 is 4.79 Å². The van der Waals surface area contributed by atoms with Crippen LogP contribution in [0.3, 0.4) is 0 Å². The van der Waals surface area contributed by atoms with Gasteiger partial charge in [0.15, 0.2) is 5.78 Å². The molecule has 1 saturated heterocycles. The van der Waals surface area contributed by atoms with E-state index in [1.165, 1.54) is 0 Å². The number of Topliss-reactive ketones (excluding diaryl/α,β-unsaturated/α-hetero) is 1. The lowest BCUT2D eigenvalue weighted by Gasteiger charge is -2.33. The zero-order valence-electron chi connectivity index (χ0n) is 14.9. The summed E-state index contributed by atoms with van der Waals surface area (Å²) in [6.07, 6.45) is 5.53. The van der Waals surface area contributed by atoms with Crippen LogP contribution in [0, 0.1) is 0 Å². The van der Waals surface area contributed by atoms with E-state index in [2.05, 4.69) is 43.8 Å². The molecule has 1 aliphatic heterocycles. The molecule has 0 radical (unpaired) electrons. The van der Waals surface area contributed by atoms with Gasteiger partial charge in [-0.05, 0) is 61.9 Å². The summed E-state index contributed by atoms with van der Waals surface area (Å²) in [7, 11) is 2.16. The molecule has 2 aliphatic rings. The fourth-order valence-electron chi connectivity index (χ4n) is 3.60. The van der Waals surface area contributed by atoms with Gasteiger partial charge in [0.25, 0.3) is 0 Å². The molecule has 4 nitrogen and oxygen atoms in total. The first-order chi connectivity index (χ1) is 12.6. The predicted octanol–water partition coefficient (Wildman–Crippen LogP) is 3.81. The SMILES string of the molecule is CN1CCN(c2ccc(/C=C3\CCc4cc(Br)ccc4C3=O)nc2)CC1. The highest BCUT2D eigenvalue weighted by Crippen LogP contribution is 2.28. The normalized spacial score (nSPS) is 19.7. The average Bonchev–Trinajstić information content (AvgIpc) is 2.65. The Labute approximate surface area is 162 Å². The predicted molar refractivity (Wildman–Crippen MR) is 109 cm³/mol. The van der Waals surface area contributed by atoms with Crippen LogP contribution in [0.25, 0.3) is 6.08 Å². The number of benzene rings is 1. The quantitative estimate of drug-likeness (QED) is 0.703. The number of halogens is 1. The van der Waals surface area contributed by atoms with Gasteiger partial charge in [-0.1, -0.05) is 15.9 Å². The lowest BCUT2D eigenvalue weighted by Crippen LogP contribution is -2.44. The van der Waals surface area contributed by atoms with Crippen LogP contribution in [-0.4, -0.2) is 48.9 Å². The van der Waals surface area contributed by atoms with E-state index in [-0.39, 0.29) is 5.78 Å². The minimum Gasteiger partial charge on any atom is -0.368 e. The third kappa shape index (κ3) is 3.60. The van der Waals surface area contributed by atoms with Crippen molar-refractivity contribution in [2.45, 2.75) is 12.8 Å². The zero-order valence-corrected chi connectivity index (χ0v) is 16.5. The number of piperazine rings is 1. The van der Waals surface area contributed by atoms with Gasteiger partial charge < -0.3 is 9.80 Å². The maximum absolute atomic E-state index is 12.8. The molecule has 0 saturated carbocycles. The molecule has 4 rings (SSSR count). The summed E-state index contributed by atoms with van der Waals surface area (Å²) in [6, 6.07) is 10.0. The van der Waals surface area contributed by atoms with E-state index in [9.17, 15) is 4.79 Å². The number of hydrogen-bond donors (Lipinski definition) is 0. The Morgan fingerprint density at radius 3 is 2.62 bits per heavy atom. The zero-order chi connectivity index (χ0) is 18.1. The summed E-state index contributed by atoms with van der Waals surface area (Å²) in [5.41, 5.74) is 4.80. The molecule has 0 spiro atoms. The Balaban J connectivity index is 1.52. The van der Waals surface area contributed by atoms with E-state index in [0.717, 1.165) is 71.6 Å². The second kappa shape index (κ2) is 7.33. The molecule has 0 amide bonds. The van der Waals surface area contributed by atoms with Crippen molar-refractivity contribution in [3.8, 4) is 0 Å². The van der Waals surface area contributed by atoms with Gasteiger partial charge >= 0.3 is 0 Å². The number of rotatable bonds is 2. The number of aromatic nitrogens is 1. The molecule has 1 aromatic carbocycles. The van der Waals surface area contributed by atoms with Crippen molar-refractivity contribution in [1.82, 2.24) is 9.88 Å². The highest BCUT2D eigenvalue weighted by molar-refractivity contribution is 9.10. The largest absolute Gasteiger partial charge is 0.368 e. The number of nitrogens with zero attached hydrogens (tertiary/aromatic N) is 3. The van der Waals surface area contributed by atoms with Crippen LogP contribution >= 0.6 is 15.9 Å². The molecule has 2 aromatic rings. The summed E-state index contributed by atoms with van der Waals surface area (Å²) in [4.78, 5) is 22.0. The topological polar surface area (TPSA) is 36.4 Å². The molecule has 1 fully saturated rings. The van der Waals surface area contributed by atoms with Crippen molar-refractivity contribution in [1.29, 1.82) is 0 Å². The number of carbonyl (C=O) groups is 1. The summed E-state index contributed by atoms with van der Waals surface area (Å²) in [5, 5.41) is 0. The molecule has 1 aliphatic carbocycles. The van der Waals surface area contributed by atoms with Gasteiger partial charge in [-0.2, -0.15) is 0 Å². The second-order valence-corrected chi connectivity index (χ2v) is 7.95. The number of pyridine rings is 1. The summed E-state index contributed by atoms with van der Waals surface area (Å²) in [5.74, 6) is 0.128. The van der Waals surface area contributed by atoms with E-state index in [1.807, 2.05) is 36.5 Å². The van der Waals surface area contributed by atoms with Gasteiger partial charge in [-0.3, -0.25) is 9.78 Å². The molecule has 26 heavy (non-hydrogen) atoms. The molecular formula is C21H22BrN3O. The highest BCUT2D eigenvalue weighted by atomic mass is 79.9. The minimum atomic E-state index is 0.128. The smallest absolute Gasteiger partial charge is 0.189 e. The van der Waals surface area contributed by atoms with Gasteiger partial charge in [-0.15, -0.1) is 0 Å². The van der Waals surface area contributed by atoms with E-state index in [4.69, 9.17) is 0 Å². The molecule has 0 N–H and O–H groups in total. The molecule has 1 aromatic heterocycles. The third-order valence-electron chi connectivity index (χ3n) is 5.23. The fraction of sp³-hybridized carbons (Fsp3) is 0.333. The van der Waals surface area contributed by atoms with Crippen LogP contribution in [-0.2, 0) is 6.42 Å². The van der Waals surface area contributed by atoms with E-state index >= 15 is 0 Å². The lowest BCUT2D eigenvalue weighted by molar-refractivity contribution is 0.102. The van der Waals surface area contributed by atoms with Crippen LogP contribution < -0.4 is 4.90 Å². The van der Waals surface area contributed by atoms with Crippen LogP contribution in [0.15, 0.2) is 46.6 Å². The van der Waals surface area contributed by atoms with Crippen molar-refractivity contribution in [3.63, 3.8) is 0 Å². The van der Waals surface area contributed by atoms with E-state index in [0.29, 0.717) is 0 Å². The maximum atomic E-state index is 12.8. The van der Waals surface area contributed by atoms with Gasteiger partial charge in [0, 0.05) is 41.8 Å². The average molecular weight is 412 g/mol. The minimum absolute atomic E-state index is 0.128. The van der Waals surface area contributed by atoms with E-state index in [1.54, 1.807) is 0 Å². The van der Waals surface area contributed by atoms with Crippen LogP contribution in [0.1, 0.15) is 28.0 Å². The third-order valence-corrected chi connectivity index (χ3v) is 5.72. The Bertz CT molecular complexity index is 852. The van der Waals surface area contributed by atoms with Crippen LogP contribution in [0.4, 0.5) is 5.69 Å². The fourth-order valence-corrected chi connectivity index (χ4v) is 4.01. The Morgan fingerprint density at radius 2 is 1.88 bits per heavy atom.